The number of aromatic nitrogens is 2. The Balaban J connectivity index is 2.43. The minimum Gasteiger partial charge on any atom is -0.478 e. The first-order valence-corrected chi connectivity index (χ1v) is 6.16. The lowest BCUT2D eigenvalue weighted by Gasteiger charge is -2.05. The highest BCUT2D eigenvalue weighted by Crippen LogP contribution is 2.30. The van der Waals surface area contributed by atoms with E-state index in [2.05, 4.69) is 9.97 Å². The van der Waals surface area contributed by atoms with E-state index in [-0.39, 0.29) is 5.16 Å². The third-order valence-corrected chi connectivity index (χ3v) is 3.27. The SMILES string of the molecule is Cc1cc(=O)[nH]c(Sc2c(F)cc(C(=O)O)cc2F)n1. The fourth-order valence-electron chi connectivity index (χ4n) is 1.48. The molecule has 0 fully saturated rings. The number of benzene rings is 1. The number of nitrogens with zero attached hydrogens (tertiary/aromatic N) is 1. The first kappa shape index (κ1) is 14.2. The van der Waals surface area contributed by atoms with Gasteiger partial charge in [0.15, 0.2) is 5.16 Å². The van der Waals surface area contributed by atoms with Gasteiger partial charge in [0, 0.05) is 11.8 Å². The third-order valence-electron chi connectivity index (χ3n) is 2.29. The summed E-state index contributed by atoms with van der Waals surface area (Å²) in [5, 5.41) is 8.71. The van der Waals surface area contributed by atoms with Gasteiger partial charge in [0.1, 0.15) is 11.6 Å². The Labute approximate surface area is 115 Å². The molecule has 0 aliphatic heterocycles. The maximum atomic E-state index is 13.7. The van der Waals surface area contributed by atoms with Gasteiger partial charge in [0.05, 0.1) is 10.5 Å². The van der Waals surface area contributed by atoms with E-state index in [1.165, 1.54) is 6.07 Å². The standard InChI is InChI=1S/C12H8F2N2O3S/c1-5-2-9(17)16-12(15-5)20-10-7(13)3-6(11(18)19)4-8(10)14/h2-4H,1H3,(H,18,19)(H,15,16,17). The number of aryl methyl sites for hydroxylation is 1. The summed E-state index contributed by atoms with van der Waals surface area (Å²) >= 11 is 0.580. The van der Waals surface area contributed by atoms with Gasteiger partial charge in [-0.25, -0.2) is 18.6 Å². The van der Waals surface area contributed by atoms with Gasteiger partial charge < -0.3 is 10.1 Å². The Morgan fingerprint density at radius 2 is 1.90 bits per heavy atom. The van der Waals surface area contributed by atoms with Gasteiger partial charge in [-0.15, -0.1) is 0 Å². The second kappa shape index (κ2) is 5.41. The van der Waals surface area contributed by atoms with Crippen molar-refractivity contribution in [3.63, 3.8) is 0 Å². The lowest BCUT2D eigenvalue weighted by atomic mass is 10.2. The summed E-state index contributed by atoms with van der Waals surface area (Å²) in [6.07, 6.45) is 0. The van der Waals surface area contributed by atoms with Gasteiger partial charge in [0.25, 0.3) is 5.56 Å². The number of carboxylic acids is 1. The minimum atomic E-state index is -1.43. The fraction of sp³-hybridized carbons (Fsp3) is 0.0833. The van der Waals surface area contributed by atoms with Gasteiger partial charge >= 0.3 is 5.97 Å². The molecule has 1 aromatic heterocycles. The Hall–Kier alpha value is -2.22. The third kappa shape index (κ3) is 3.02. The Bertz CT molecular complexity index is 723. The lowest BCUT2D eigenvalue weighted by Crippen LogP contribution is -2.08. The number of H-pyrrole nitrogens is 1. The molecule has 0 radical (unpaired) electrons. The Kier molecular flexibility index (Phi) is 3.84. The predicted molar refractivity (Wildman–Crippen MR) is 67.0 cm³/mol. The van der Waals surface area contributed by atoms with Crippen LogP contribution in [0.2, 0.25) is 0 Å². The molecular formula is C12H8F2N2O3S. The van der Waals surface area contributed by atoms with Crippen molar-refractivity contribution in [1.29, 1.82) is 0 Å². The molecule has 5 nitrogen and oxygen atoms in total. The normalized spacial score (nSPS) is 10.6. The van der Waals surface area contributed by atoms with Crippen molar-refractivity contribution in [2.24, 2.45) is 0 Å². The van der Waals surface area contributed by atoms with Crippen LogP contribution in [0.5, 0.6) is 0 Å². The summed E-state index contributed by atoms with van der Waals surface area (Å²) < 4.78 is 27.4. The summed E-state index contributed by atoms with van der Waals surface area (Å²) in [6.45, 7) is 1.57. The number of aromatic amines is 1. The summed E-state index contributed by atoms with van der Waals surface area (Å²) in [5.41, 5.74) is -0.530. The second-order valence-corrected chi connectivity index (χ2v) is 4.87. The van der Waals surface area contributed by atoms with Crippen molar-refractivity contribution in [3.05, 3.63) is 51.4 Å². The van der Waals surface area contributed by atoms with Crippen LogP contribution < -0.4 is 5.56 Å². The van der Waals surface area contributed by atoms with Gasteiger partial charge in [-0.2, -0.15) is 0 Å². The highest BCUT2D eigenvalue weighted by molar-refractivity contribution is 7.99. The van der Waals surface area contributed by atoms with Crippen LogP contribution in [0, 0.1) is 18.6 Å². The van der Waals surface area contributed by atoms with Crippen LogP contribution in [-0.2, 0) is 0 Å². The molecule has 0 bridgehead atoms. The van der Waals surface area contributed by atoms with Crippen LogP contribution >= 0.6 is 11.8 Å². The number of rotatable bonds is 3. The second-order valence-electron chi connectivity index (χ2n) is 3.87. The van der Waals surface area contributed by atoms with Crippen molar-refractivity contribution in [1.82, 2.24) is 9.97 Å². The van der Waals surface area contributed by atoms with E-state index in [9.17, 15) is 18.4 Å². The number of carbonyl (C=O) groups is 1. The van der Waals surface area contributed by atoms with Gasteiger partial charge in [0.2, 0.25) is 0 Å². The molecule has 0 aliphatic carbocycles. The minimum absolute atomic E-state index is 0.0240. The van der Waals surface area contributed by atoms with Crippen LogP contribution in [0.4, 0.5) is 8.78 Å². The van der Waals surface area contributed by atoms with E-state index in [1.807, 2.05) is 0 Å². The topological polar surface area (TPSA) is 83.0 Å². The highest BCUT2D eigenvalue weighted by atomic mass is 32.2. The highest BCUT2D eigenvalue weighted by Gasteiger charge is 2.16. The maximum Gasteiger partial charge on any atom is 0.335 e. The van der Waals surface area contributed by atoms with Crippen LogP contribution in [-0.4, -0.2) is 21.0 Å². The van der Waals surface area contributed by atoms with E-state index >= 15 is 0 Å². The Morgan fingerprint density at radius 1 is 1.30 bits per heavy atom. The van der Waals surface area contributed by atoms with Crippen LogP contribution in [0.25, 0.3) is 0 Å². The molecule has 0 saturated heterocycles. The monoisotopic (exact) mass is 298 g/mol. The smallest absolute Gasteiger partial charge is 0.335 e. The zero-order valence-corrected chi connectivity index (χ0v) is 10.9. The summed E-state index contributed by atoms with van der Waals surface area (Å²) in [6, 6.07) is 2.66. The molecular weight excluding hydrogens is 290 g/mol. The van der Waals surface area contributed by atoms with Crippen LogP contribution in [0.1, 0.15) is 16.1 Å². The lowest BCUT2D eigenvalue weighted by molar-refractivity contribution is 0.0695. The molecule has 2 aromatic rings. The largest absolute Gasteiger partial charge is 0.478 e. The van der Waals surface area contributed by atoms with E-state index in [0.717, 1.165) is 0 Å². The molecule has 2 N–H and O–H groups in total. The van der Waals surface area contributed by atoms with Crippen molar-refractivity contribution >= 4 is 17.7 Å². The van der Waals surface area contributed by atoms with Crippen LogP contribution in [0.3, 0.4) is 0 Å². The molecule has 104 valence electrons. The summed E-state index contributed by atoms with van der Waals surface area (Å²) in [4.78, 5) is 27.7. The quantitative estimate of drug-likeness (QED) is 0.849. The van der Waals surface area contributed by atoms with Crippen molar-refractivity contribution in [2.75, 3.05) is 0 Å². The van der Waals surface area contributed by atoms with Crippen molar-refractivity contribution in [3.8, 4) is 0 Å². The zero-order valence-electron chi connectivity index (χ0n) is 10.1. The van der Waals surface area contributed by atoms with Crippen molar-refractivity contribution in [2.45, 2.75) is 17.0 Å². The molecule has 0 spiro atoms. The average Bonchev–Trinajstić information content (AvgIpc) is 2.32. The zero-order chi connectivity index (χ0) is 14.9. The fourth-order valence-corrected chi connectivity index (χ4v) is 2.32. The molecule has 0 amide bonds. The predicted octanol–water partition coefficient (Wildman–Crippen LogP) is 2.21. The molecule has 1 aromatic carbocycles. The first-order valence-electron chi connectivity index (χ1n) is 5.35. The molecule has 20 heavy (non-hydrogen) atoms. The number of hydrogen-bond acceptors (Lipinski definition) is 4. The van der Waals surface area contributed by atoms with Gasteiger partial charge in [-0.3, -0.25) is 4.79 Å². The Morgan fingerprint density at radius 3 is 2.40 bits per heavy atom. The van der Waals surface area contributed by atoms with Gasteiger partial charge in [-0.1, -0.05) is 0 Å². The molecule has 0 atom stereocenters. The number of carboxylic acid groups (broad SMARTS) is 1. The van der Waals surface area contributed by atoms with E-state index < -0.39 is 33.6 Å². The number of halogens is 2. The van der Waals surface area contributed by atoms with E-state index in [4.69, 9.17) is 5.11 Å². The molecule has 8 heteroatoms. The van der Waals surface area contributed by atoms with Crippen molar-refractivity contribution < 1.29 is 18.7 Å². The van der Waals surface area contributed by atoms with E-state index in [1.54, 1.807) is 6.92 Å². The molecule has 2 rings (SSSR count). The maximum absolute atomic E-state index is 13.7. The summed E-state index contributed by atoms with van der Waals surface area (Å²) in [7, 11) is 0. The summed E-state index contributed by atoms with van der Waals surface area (Å²) in [5.74, 6) is -3.49. The molecule has 0 unspecified atom stereocenters. The van der Waals surface area contributed by atoms with E-state index in [0.29, 0.717) is 29.6 Å². The van der Waals surface area contributed by atoms with Gasteiger partial charge in [-0.05, 0) is 30.8 Å². The van der Waals surface area contributed by atoms with Crippen LogP contribution in [0.15, 0.2) is 33.0 Å². The number of hydrogen-bond donors (Lipinski definition) is 2. The number of aromatic carboxylic acids is 1. The number of nitrogens with one attached hydrogen (secondary N) is 1. The first-order chi connectivity index (χ1) is 9.36. The molecule has 0 saturated carbocycles. The molecule has 1 heterocycles. The molecule has 0 aliphatic rings. The average molecular weight is 298 g/mol.